The lowest BCUT2D eigenvalue weighted by atomic mass is 11.7. The van der Waals surface area contributed by atoms with Gasteiger partial charge in [-0.25, -0.2) is 0 Å². The van der Waals surface area contributed by atoms with E-state index >= 15 is 0 Å². The first-order chi connectivity index (χ1) is 6.18. The highest BCUT2D eigenvalue weighted by Crippen LogP contribution is 2.26. The molecule has 0 aliphatic heterocycles. The third-order valence-electron chi connectivity index (χ3n) is 2.84. The van der Waals surface area contributed by atoms with Crippen molar-refractivity contribution in [3.8, 4) is 0 Å². The first-order valence-electron chi connectivity index (χ1n) is 6.18. The van der Waals surface area contributed by atoms with Crippen LogP contribution in [0, 0.1) is 0 Å². The molecule has 0 spiro atoms. The van der Waals surface area contributed by atoms with Crippen molar-refractivity contribution in [1.82, 2.24) is 0 Å². The van der Waals surface area contributed by atoms with Gasteiger partial charge in [0.2, 0.25) is 0 Å². The number of hydrogen-bond acceptors (Lipinski definition) is 0. The summed E-state index contributed by atoms with van der Waals surface area (Å²) < 4.78 is 0. The second-order valence-electron chi connectivity index (χ2n) is 6.85. The zero-order chi connectivity index (χ0) is 11.4. The molecular formula is C10H30Si4. The van der Waals surface area contributed by atoms with Gasteiger partial charge in [-0.1, -0.05) is 62.8 Å². The second-order valence-corrected chi connectivity index (χ2v) is 24.3. The van der Waals surface area contributed by atoms with Gasteiger partial charge in [-0.2, -0.15) is 0 Å². The minimum Gasteiger partial charge on any atom is -0.0750 e. The Kier molecular flexibility index (Phi) is 6.18. The van der Waals surface area contributed by atoms with Gasteiger partial charge in [0, 0.05) is 34.5 Å². The van der Waals surface area contributed by atoms with Gasteiger partial charge < -0.3 is 0 Å². The van der Waals surface area contributed by atoms with Gasteiger partial charge in [-0.05, 0) is 0 Å². The summed E-state index contributed by atoms with van der Waals surface area (Å²) in [5.41, 5.74) is 5.06. The van der Waals surface area contributed by atoms with Crippen molar-refractivity contribution in [2.24, 2.45) is 0 Å². The van der Waals surface area contributed by atoms with Crippen LogP contribution in [0.15, 0.2) is 0 Å². The molecule has 0 amide bonds. The molecule has 86 valence electrons. The van der Waals surface area contributed by atoms with Crippen LogP contribution >= 0.6 is 0 Å². The van der Waals surface area contributed by atoms with Crippen molar-refractivity contribution in [2.45, 2.75) is 62.8 Å². The monoisotopic (exact) mass is 262 g/mol. The molecule has 4 heteroatoms. The van der Waals surface area contributed by atoms with Crippen LogP contribution in [-0.2, 0) is 0 Å². The molecule has 0 saturated heterocycles. The van der Waals surface area contributed by atoms with Gasteiger partial charge >= 0.3 is 0 Å². The summed E-state index contributed by atoms with van der Waals surface area (Å²) >= 11 is 0. The lowest BCUT2D eigenvalue weighted by Gasteiger charge is -2.33. The highest BCUT2D eigenvalue weighted by atomic mass is 28.4. The molecule has 0 bridgehead atoms. The smallest absolute Gasteiger partial charge is 0.0418 e. The molecule has 0 nitrogen and oxygen atoms in total. The predicted molar refractivity (Wildman–Crippen MR) is 82.7 cm³/mol. The molecule has 0 aliphatic rings. The molecule has 0 aromatic heterocycles. The molecule has 0 fully saturated rings. The van der Waals surface area contributed by atoms with E-state index in [0.29, 0.717) is 9.52 Å². The number of rotatable bonds is 6. The maximum absolute atomic E-state index is 2.64. The maximum Gasteiger partial charge on any atom is 0.0418 e. The molecule has 0 atom stereocenters. The summed E-state index contributed by atoms with van der Waals surface area (Å²) in [6, 6.07) is 0. The van der Waals surface area contributed by atoms with Gasteiger partial charge in [0.1, 0.15) is 0 Å². The fourth-order valence-corrected chi connectivity index (χ4v) is 32.0. The van der Waals surface area contributed by atoms with Crippen molar-refractivity contribution in [3.05, 3.63) is 0 Å². The van der Waals surface area contributed by atoms with E-state index in [-0.39, 0.29) is 8.80 Å². The summed E-state index contributed by atoms with van der Waals surface area (Å²) in [4.78, 5) is 0. The molecule has 14 heavy (non-hydrogen) atoms. The minimum atomic E-state index is -0.793. The van der Waals surface area contributed by atoms with Crippen LogP contribution in [0.25, 0.3) is 0 Å². The van der Waals surface area contributed by atoms with Crippen molar-refractivity contribution < 1.29 is 0 Å². The van der Waals surface area contributed by atoms with E-state index in [4.69, 9.17) is 0 Å². The van der Waals surface area contributed by atoms with E-state index in [9.17, 15) is 0 Å². The normalized spacial score (nSPS) is 14.6. The highest BCUT2D eigenvalue weighted by molar-refractivity contribution is 7.00. The average Bonchev–Trinajstić information content (AvgIpc) is 1.78. The summed E-state index contributed by atoms with van der Waals surface area (Å²) in [6.45, 7) is 18.1. The first kappa shape index (κ1) is 14.9. The average molecular weight is 263 g/mol. The Labute approximate surface area is 97.3 Å². The second kappa shape index (κ2) is 5.82. The summed E-state index contributed by atoms with van der Waals surface area (Å²) in [5.74, 6) is 0. The van der Waals surface area contributed by atoms with Gasteiger partial charge in [0.15, 0.2) is 0 Å². The van der Waals surface area contributed by atoms with E-state index in [1.165, 1.54) is 0 Å². The Morgan fingerprint density at radius 3 is 1.86 bits per heavy atom. The zero-order valence-electron chi connectivity index (χ0n) is 11.4. The molecule has 0 aromatic carbocycles. The molecule has 0 rings (SSSR count). The standard InChI is InChI=1S/C10H30Si4/c1-11-8-13(4,5)10-14(6,7)9-12(2)3/h12H,8-11H2,1-7H3. The van der Waals surface area contributed by atoms with Gasteiger partial charge in [0.05, 0.1) is 0 Å². The number of hydrogen-bond donors (Lipinski definition) is 0. The maximum atomic E-state index is 2.64. The third-order valence-corrected chi connectivity index (χ3v) is 25.6. The molecule has 0 aliphatic carbocycles. The molecule has 0 unspecified atom stereocenters. The lowest BCUT2D eigenvalue weighted by Crippen LogP contribution is -2.42. The molecule has 0 saturated carbocycles. The van der Waals surface area contributed by atoms with Crippen molar-refractivity contribution in [2.75, 3.05) is 0 Å². The Bertz CT molecular complexity index is 164. The third kappa shape index (κ3) is 7.20. The van der Waals surface area contributed by atoms with Crippen LogP contribution in [0.3, 0.4) is 0 Å². The van der Waals surface area contributed by atoms with Crippen LogP contribution in [0.4, 0.5) is 0 Å². The largest absolute Gasteiger partial charge is 0.0750 e. The van der Waals surface area contributed by atoms with Crippen LogP contribution in [-0.4, -0.2) is 34.5 Å². The molecular weight excluding hydrogens is 232 g/mol. The van der Waals surface area contributed by atoms with Crippen LogP contribution in [0.2, 0.25) is 62.8 Å². The van der Waals surface area contributed by atoms with E-state index in [0.717, 1.165) is 0 Å². The van der Waals surface area contributed by atoms with E-state index in [1.54, 1.807) is 17.0 Å². The summed E-state index contributed by atoms with van der Waals surface area (Å²) in [6.07, 6.45) is 0. The van der Waals surface area contributed by atoms with E-state index in [2.05, 4.69) is 45.8 Å². The minimum absolute atomic E-state index is 0.309. The van der Waals surface area contributed by atoms with Crippen molar-refractivity contribution in [3.63, 3.8) is 0 Å². The lowest BCUT2D eigenvalue weighted by molar-refractivity contribution is 1.45. The Hall–Kier alpha value is 0.868. The highest BCUT2D eigenvalue weighted by Gasteiger charge is 2.31. The SMILES string of the molecule is C[SiH2]C[Si](C)(C)C[Si](C)(C)C[SiH](C)C. The topological polar surface area (TPSA) is 0 Å². The van der Waals surface area contributed by atoms with E-state index in [1.807, 2.05) is 0 Å². The van der Waals surface area contributed by atoms with Crippen molar-refractivity contribution >= 4 is 34.5 Å². The Morgan fingerprint density at radius 2 is 1.50 bits per heavy atom. The van der Waals surface area contributed by atoms with Gasteiger partial charge in [0.25, 0.3) is 0 Å². The molecule has 0 heterocycles. The van der Waals surface area contributed by atoms with E-state index < -0.39 is 16.1 Å². The Morgan fingerprint density at radius 1 is 1.00 bits per heavy atom. The quantitative estimate of drug-likeness (QED) is 0.645. The molecule has 0 N–H and O–H groups in total. The summed E-state index contributed by atoms with van der Waals surface area (Å²) in [5, 5.41) is 0. The molecule has 0 radical (unpaired) electrons. The van der Waals surface area contributed by atoms with Gasteiger partial charge in [-0.15, -0.1) is 0 Å². The molecule has 0 aromatic rings. The van der Waals surface area contributed by atoms with Crippen LogP contribution in [0.5, 0.6) is 0 Å². The van der Waals surface area contributed by atoms with Crippen LogP contribution < -0.4 is 0 Å². The van der Waals surface area contributed by atoms with Gasteiger partial charge in [-0.3, -0.25) is 0 Å². The Balaban J connectivity index is 4.19. The summed E-state index contributed by atoms with van der Waals surface area (Å²) in [7, 11) is -1.55. The predicted octanol–water partition coefficient (Wildman–Crippen LogP) is 3.14. The van der Waals surface area contributed by atoms with Crippen LogP contribution in [0.1, 0.15) is 0 Å². The fourth-order valence-electron chi connectivity index (χ4n) is 3.24. The van der Waals surface area contributed by atoms with Crippen molar-refractivity contribution in [1.29, 1.82) is 0 Å². The fraction of sp³-hybridized carbons (Fsp3) is 1.00. The zero-order valence-corrected chi connectivity index (χ0v) is 16.0. The first-order valence-corrected chi connectivity index (χ1v) is 18.6.